The molecule has 3 aromatic carbocycles. The van der Waals surface area contributed by atoms with Gasteiger partial charge < -0.3 is 15.1 Å². The van der Waals surface area contributed by atoms with Crippen LogP contribution in [0.3, 0.4) is 0 Å². The van der Waals surface area contributed by atoms with E-state index in [9.17, 15) is 19.2 Å². The molecule has 0 aliphatic heterocycles. The molecule has 33 heavy (non-hydrogen) atoms. The van der Waals surface area contributed by atoms with Gasteiger partial charge in [0.25, 0.3) is 11.5 Å². The number of carbonyl (C=O) groups excluding carboxylic acids is 2. The van der Waals surface area contributed by atoms with Gasteiger partial charge in [0.2, 0.25) is 0 Å². The van der Waals surface area contributed by atoms with Crippen molar-refractivity contribution in [3.63, 3.8) is 0 Å². The minimum absolute atomic E-state index is 0.187. The molecule has 0 fully saturated rings. The molecule has 1 atom stereocenters. The number of benzene rings is 3. The number of aromatic nitrogens is 2. The van der Waals surface area contributed by atoms with Crippen molar-refractivity contribution in [2.75, 3.05) is 0 Å². The number of aromatic amines is 1. The second-order valence-corrected chi connectivity index (χ2v) is 8.15. The second-order valence-electron chi connectivity index (χ2n) is 7.34. The molecular formula is C24H17Cl2N3O4. The van der Waals surface area contributed by atoms with E-state index >= 15 is 0 Å². The fraction of sp³-hybridized carbons (Fsp3) is 0.0833. The van der Waals surface area contributed by atoms with Gasteiger partial charge in [-0.3, -0.25) is 9.59 Å². The first-order chi connectivity index (χ1) is 15.9. The van der Waals surface area contributed by atoms with E-state index in [1.807, 2.05) is 30.3 Å². The first-order valence-corrected chi connectivity index (χ1v) is 10.7. The van der Waals surface area contributed by atoms with Crippen molar-refractivity contribution in [1.82, 2.24) is 14.9 Å². The maximum absolute atomic E-state index is 12.9. The Kier molecular flexibility index (Phi) is 6.44. The minimum Gasteiger partial charge on any atom is -0.342 e. The van der Waals surface area contributed by atoms with Crippen molar-refractivity contribution in [3.8, 4) is 5.69 Å². The molecule has 0 radical (unpaired) electrons. The first kappa shape index (κ1) is 22.5. The normalized spacial score (nSPS) is 11.8. The van der Waals surface area contributed by atoms with Crippen LogP contribution in [-0.2, 0) is 11.2 Å². The van der Waals surface area contributed by atoms with Crippen molar-refractivity contribution < 1.29 is 9.59 Å². The van der Waals surface area contributed by atoms with Crippen LogP contribution >= 0.6 is 23.2 Å². The van der Waals surface area contributed by atoms with Crippen molar-refractivity contribution in [1.29, 1.82) is 0 Å². The summed E-state index contributed by atoms with van der Waals surface area (Å²) in [6, 6.07) is 17.3. The molecule has 1 amide bonds. The van der Waals surface area contributed by atoms with E-state index in [-0.39, 0.29) is 32.2 Å². The van der Waals surface area contributed by atoms with Gasteiger partial charge in [-0.05, 0) is 48.4 Å². The highest BCUT2D eigenvalue weighted by Gasteiger charge is 2.15. The highest BCUT2D eigenvalue weighted by molar-refractivity contribution is 6.42. The molecule has 0 spiro atoms. The Balaban J connectivity index is 1.59. The fourth-order valence-electron chi connectivity index (χ4n) is 3.46. The third-order valence-corrected chi connectivity index (χ3v) is 5.83. The highest BCUT2D eigenvalue weighted by Crippen LogP contribution is 2.25. The van der Waals surface area contributed by atoms with Crippen LogP contribution in [0.2, 0.25) is 10.0 Å². The van der Waals surface area contributed by atoms with E-state index in [0.29, 0.717) is 12.7 Å². The summed E-state index contributed by atoms with van der Waals surface area (Å²) in [6.07, 6.45) is 1.05. The van der Waals surface area contributed by atoms with Crippen molar-refractivity contribution in [2.24, 2.45) is 0 Å². The number of rotatable bonds is 6. The lowest BCUT2D eigenvalue weighted by molar-refractivity contribution is -0.109. The summed E-state index contributed by atoms with van der Waals surface area (Å²) >= 11 is 12.0. The SMILES string of the molecule is O=CC(Cc1ccccc1)NC(=O)c1ccc(-n2c(=O)[nH]c3cc(Cl)c(Cl)cc3c2=O)cc1. The summed E-state index contributed by atoms with van der Waals surface area (Å²) < 4.78 is 0.942. The number of nitrogens with zero attached hydrogens (tertiary/aromatic N) is 1. The Hall–Kier alpha value is -3.68. The van der Waals surface area contributed by atoms with Gasteiger partial charge in [-0.1, -0.05) is 53.5 Å². The Morgan fingerprint density at radius 3 is 2.33 bits per heavy atom. The number of fused-ring (bicyclic) bond motifs is 1. The zero-order valence-electron chi connectivity index (χ0n) is 17.0. The van der Waals surface area contributed by atoms with Gasteiger partial charge >= 0.3 is 5.69 Å². The summed E-state index contributed by atoms with van der Waals surface area (Å²) in [7, 11) is 0. The van der Waals surface area contributed by atoms with E-state index in [2.05, 4.69) is 10.3 Å². The standard InChI is InChI=1S/C24H17Cl2N3O4/c25-19-11-18-21(12-20(19)26)28-24(33)29(23(18)32)17-8-6-15(7-9-17)22(31)27-16(13-30)10-14-4-2-1-3-5-14/h1-9,11-13,16H,10H2,(H,27,31)(H,28,33). The number of hydrogen-bond donors (Lipinski definition) is 2. The van der Waals surface area contributed by atoms with Crippen molar-refractivity contribution >= 4 is 46.3 Å². The number of nitrogens with one attached hydrogen (secondary N) is 2. The molecule has 2 N–H and O–H groups in total. The lowest BCUT2D eigenvalue weighted by atomic mass is 10.1. The van der Waals surface area contributed by atoms with E-state index in [1.165, 1.54) is 36.4 Å². The average molecular weight is 482 g/mol. The molecule has 4 rings (SSSR count). The van der Waals surface area contributed by atoms with Crippen LogP contribution in [0.5, 0.6) is 0 Å². The molecule has 1 aromatic heterocycles. The number of carbonyl (C=O) groups is 2. The van der Waals surface area contributed by atoms with Crippen LogP contribution < -0.4 is 16.6 Å². The zero-order chi connectivity index (χ0) is 23.5. The quantitative estimate of drug-likeness (QED) is 0.411. The molecule has 166 valence electrons. The van der Waals surface area contributed by atoms with E-state index < -0.39 is 23.2 Å². The summed E-state index contributed by atoms with van der Waals surface area (Å²) in [5.41, 5.74) is 0.493. The van der Waals surface area contributed by atoms with Gasteiger partial charge in [0.1, 0.15) is 6.29 Å². The van der Waals surface area contributed by atoms with Gasteiger partial charge in [0.15, 0.2) is 0 Å². The molecule has 0 saturated heterocycles. The minimum atomic E-state index is -0.692. The van der Waals surface area contributed by atoms with Crippen molar-refractivity contribution in [2.45, 2.75) is 12.5 Å². The topological polar surface area (TPSA) is 101 Å². The predicted molar refractivity (Wildman–Crippen MR) is 128 cm³/mol. The van der Waals surface area contributed by atoms with Crippen LogP contribution in [0, 0.1) is 0 Å². The van der Waals surface area contributed by atoms with E-state index in [4.69, 9.17) is 23.2 Å². The number of amides is 1. The Labute approximate surface area is 197 Å². The van der Waals surface area contributed by atoms with Gasteiger partial charge in [-0.2, -0.15) is 0 Å². The molecule has 0 aliphatic rings. The lowest BCUT2D eigenvalue weighted by Crippen LogP contribution is -2.37. The largest absolute Gasteiger partial charge is 0.342 e. The molecule has 4 aromatic rings. The molecular weight excluding hydrogens is 465 g/mol. The van der Waals surface area contributed by atoms with Crippen LogP contribution in [-0.4, -0.2) is 27.8 Å². The maximum Gasteiger partial charge on any atom is 0.333 e. The predicted octanol–water partition coefficient (Wildman–Crippen LogP) is 3.53. The second kappa shape index (κ2) is 9.44. The summed E-state index contributed by atoms with van der Waals surface area (Å²) in [6.45, 7) is 0. The molecule has 1 unspecified atom stereocenters. The van der Waals surface area contributed by atoms with Crippen LogP contribution in [0.1, 0.15) is 15.9 Å². The van der Waals surface area contributed by atoms with Crippen LogP contribution in [0.4, 0.5) is 0 Å². The summed E-state index contributed by atoms with van der Waals surface area (Å²) in [4.78, 5) is 52.1. The van der Waals surface area contributed by atoms with Crippen LogP contribution in [0.15, 0.2) is 76.3 Å². The molecule has 1 heterocycles. The molecule has 9 heteroatoms. The van der Waals surface area contributed by atoms with Gasteiger partial charge in [-0.15, -0.1) is 0 Å². The molecule has 0 bridgehead atoms. The monoisotopic (exact) mass is 481 g/mol. The number of aldehydes is 1. The molecule has 0 saturated carbocycles. The zero-order valence-corrected chi connectivity index (χ0v) is 18.6. The van der Waals surface area contributed by atoms with E-state index in [0.717, 1.165) is 10.1 Å². The Morgan fingerprint density at radius 1 is 1.00 bits per heavy atom. The maximum atomic E-state index is 12.9. The summed E-state index contributed by atoms with van der Waals surface area (Å²) in [5.74, 6) is -0.448. The smallest absolute Gasteiger partial charge is 0.333 e. The number of H-pyrrole nitrogens is 1. The highest BCUT2D eigenvalue weighted by atomic mass is 35.5. The van der Waals surface area contributed by atoms with Gasteiger partial charge in [0.05, 0.1) is 32.7 Å². The van der Waals surface area contributed by atoms with Crippen LogP contribution in [0.25, 0.3) is 16.6 Å². The van der Waals surface area contributed by atoms with Gasteiger partial charge in [0, 0.05) is 5.56 Å². The number of halogens is 2. The summed E-state index contributed by atoms with van der Waals surface area (Å²) in [5, 5.41) is 3.28. The average Bonchev–Trinajstić information content (AvgIpc) is 2.81. The Bertz CT molecular complexity index is 1460. The third kappa shape index (κ3) is 4.74. The first-order valence-electron chi connectivity index (χ1n) is 9.92. The lowest BCUT2D eigenvalue weighted by Gasteiger charge is -2.13. The Morgan fingerprint density at radius 2 is 1.67 bits per heavy atom. The van der Waals surface area contributed by atoms with Crippen molar-refractivity contribution in [3.05, 3.63) is 109 Å². The van der Waals surface area contributed by atoms with Gasteiger partial charge in [-0.25, -0.2) is 9.36 Å². The molecule has 7 nitrogen and oxygen atoms in total. The fourth-order valence-corrected chi connectivity index (χ4v) is 3.79. The van der Waals surface area contributed by atoms with E-state index in [1.54, 1.807) is 0 Å². The third-order valence-electron chi connectivity index (χ3n) is 5.11. The molecule has 0 aliphatic carbocycles. The number of hydrogen-bond acceptors (Lipinski definition) is 4.